The zero-order valence-electron chi connectivity index (χ0n) is 17.3. The molecule has 0 aromatic heterocycles. The molecular formula is C20H39N3O4. The maximum absolute atomic E-state index is 12.5. The highest BCUT2D eigenvalue weighted by molar-refractivity contribution is 5.95. The van der Waals surface area contributed by atoms with Gasteiger partial charge in [0.05, 0.1) is 0 Å². The summed E-state index contributed by atoms with van der Waals surface area (Å²) in [5, 5.41) is 2.64. The molecule has 0 aromatic carbocycles. The van der Waals surface area contributed by atoms with Gasteiger partial charge in [0.2, 0.25) is 11.8 Å². The van der Waals surface area contributed by atoms with Crippen LogP contribution >= 0.6 is 0 Å². The van der Waals surface area contributed by atoms with Crippen molar-refractivity contribution in [1.29, 1.82) is 0 Å². The summed E-state index contributed by atoms with van der Waals surface area (Å²) in [7, 11) is 1.49. The lowest BCUT2D eigenvalue weighted by molar-refractivity contribution is -0.142. The summed E-state index contributed by atoms with van der Waals surface area (Å²) in [6, 6.07) is -0.912. The maximum Gasteiger partial charge on any atom is 0.243 e. The number of nitrogens with zero attached hydrogens (tertiary/aromatic N) is 1. The third-order valence-electron chi connectivity index (χ3n) is 4.22. The number of carbonyl (C=O) groups is 4. The predicted octanol–water partition coefficient (Wildman–Crippen LogP) is 1.93. The van der Waals surface area contributed by atoms with Crippen molar-refractivity contribution in [1.82, 2.24) is 10.2 Å². The van der Waals surface area contributed by atoms with Crippen LogP contribution in [-0.2, 0) is 19.2 Å². The van der Waals surface area contributed by atoms with Crippen LogP contribution < -0.4 is 11.1 Å². The van der Waals surface area contributed by atoms with Gasteiger partial charge < -0.3 is 16.0 Å². The van der Waals surface area contributed by atoms with E-state index in [-0.39, 0.29) is 57.3 Å². The van der Waals surface area contributed by atoms with Gasteiger partial charge in [-0.05, 0) is 0 Å². The van der Waals surface area contributed by atoms with Crippen molar-refractivity contribution in [3.63, 3.8) is 0 Å². The van der Waals surface area contributed by atoms with E-state index in [1.54, 1.807) is 41.5 Å². The Bertz CT molecular complexity index is 530. The number of Topliss-reactive ketones (excluding diaryl/α,β-unsaturated/α-hetero) is 2. The standard InChI is InChI=1S/C19H35N3O4.CH4/c1-18(2,3)14(23)8-9-16(25)22(7)13(17(26)21-11-10-20)12-15(24)19(4,5)6;/h13H,8-12,20H2,1-7H3,(H,21,26);1H4. The van der Waals surface area contributed by atoms with E-state index in [0.717, 1.165) is 0 Å². The van der Waals surface area contributed by atoms with Crippen LogP contribution in [0.15, 0.2) is 0 Å². The zero-order chi connectivity index (χ0) is 20.7. The topological polar surface area (TPSA) is 110 Å². The van der Waals surface area contributed by atoms with E-state index >= 15 is 0 Å². The first-order chi connectivity index (χ1) is 11.7. The first kappa shape index (κ1) is 27.5. The van der Waals surface area contributed by atoms with Crippen molar-refractivity contribution < 1.29 is 19.2 Å². The van der Waals surface area contributed by atoms with Gasteiger partial charge >= 0.3 is 0 Å². The summed E-state index contributed by atoms with van der Waals surface area (Å²) in [5.74, 6) is -0.881. The van der Waals surface area contributed by atoms with Gasteiger partial charge in [0.15, 0.2) is 0 Å². The number of amides is 2. The monoisotopic (exact) mass is 385 g/mol. The summed E-state index contributed by atoms with van der Waals surface area (Å²) in [6.07, 6.45) is 0.0450. The second kappa shape index (κ2) is 11.2. The van der Waals surface area contributed by atoms with Crippen LogP contribution in [0.3, 0.4) is 0 Å². The Hall–Kier alpha value is -1.76. The normalized spacial score (nSPS) is 12.6. The average Bonchev–Trinajstić information content (AvgIpc) is 2.51. The molecule has 2 amide bonds. The molecule has 0 radical (unpaired) electrons. The van der Waals surface area contributed by atoms with Crippen molar-refractivity contribution in [3.05, 3.63) is 0 Å². The van der Waals surface area contributed by atoms with Gasteiger partial charge in [-0.15, -0.1) is 0 Å². The molecule has 0 aliphatic heterocycles. The van der Waals surface area contributed by atoms with Crippen LogP contribution in [0.2, 0.25) is 0 Å². The quantitative estimate of drug-likeness (QED) is 0.630. The largest absolute Gasteiger partial charge is 0.353 e. The fourth-order valence-corrected chi connectivity index (χ4v) is 2.15. The van der Waals surface area contributed by atoms with Gasteiger partial charge in [-0.25, -0.2) is 0 Å². The first-order valence-corrected chi connectivity index (χ1v) is 9.01. The smallest absolute Gasteiger partial charge is 0.243 e. The van der Waals surface area contributed by atoms with Crippen molar-refractivity contribution in [3.8, 4) is 0 Å². The molecule has 1 atom stereocenters. The van der Waals surface area contributed by atoms with E-state index < -0.39 is 22.8 Å². The lowest BCUT2D eigenvalue weighted by Gasteiger charge is -2.29. The molecular weight excluding hydrogens is 346 g/mol. The predicted molar refractivity (Wildman–Crippen MR) is 108 cm³/mol. The second-order valence-electron chi connectivity index (χ2n) is 8.65. The van der Waals surface area contributed by atoms with Gasteiger partial charge in [0, 0.05) is 50.2 Å². The van der Waals surface area contributed by atoms with E-state index in [1.807, 2.05) is 0 Å². The molecule has 27 heavy (non-hydrogen) atoms. The Morgan fingerprint density at radius 2 is 1.41 bits per heavy atom. The summed E-state index contributed by atoms with van der Waals surface area (Å²) in [6.45, 7) is 11.3. The molecule has 0 saturated carbocycles. The molecule has 7 heteroatoms. The molecule has 7 nitrogen and oxygen atoms in total. The van der Waals surface area contributed by atoms with Crippen LogP contribution in [-0.4, -0.2) is 54.5 Å². The third-order valence-corrected chi connectivity index (χ3v) is 4.22. The minimum atomic E-state index is -0.912. The Kier molecular flexibility index (Phi) is 11.4. The van der Waals surface area contributed by atoms with Crippen LogP contribution in [0.4, 0.5) is 0 Å². The number of nitrogens with one attached hydrogen (secondary N) is 1. The molecule has 0 fully saturated rings. The van der Waals surface area contributed by atoms with Crippen molar-refractivity contribution in [2.24, 2.45) is 16.6 Å². The number of nitrogens with two attached hydrogens (primary N) is 1. The highest BCUT2D eigenvalue weighted by Crippen LogP contribution is 2.21. The molecule has 158 valence electrons. The van der Waals surface area contributed by atoms with Crippen LogP contribution in [0.25, 0.3) is 0 Å². The number of hydrogen-bond acceptors (Lipinski definition) is 5. The molecule has 0 rings (SSSR count). The molecule has 0 spiro atoms. The molecule has 0 aliphatic carbocycles. The fraction of sp³-hybridized carbons (Fsp3) is 0.800. The summed E-state index contributed by atoms with van der Waals surface area (Å²) >= 11 is 0. The second-order valence-corrected chi connectivity index (χ2v) is 8.65. The first-order valence-electron chi connectivity index (χ1n) is 9.01. The Labute approximate surface area is 164 Å². The SMILES string of the molecule is C.CN(C(=O)CCC(=O)C(C)(C)C)C(CC(=O)C(C)(C)C)C(=O)NCCN. The van der Waals surface area contributed by atoms with Gasteiger partial charge in [-0.2, -0.15) is 0 Å². The number of carbonyl (C=O) groups excluding carboxylic acids is 4. The van der Waals surface area contributed by atoms with Crippen molar-refractivity contribution in [2.75, 3.05) is 20.1 Å². The minimum Gasteiger partial charge on any atom is -0.353 e. The van der Waals surface area contributed by atoms with Gasteiger partial charge in [-0.1, -0.05) is 49.0 Å². The van der Waals surface area contributed by atoms with Gasteiger partial charge in [0.25, 0.3) is 0 Å². The van der Waals surface area contributed by atoms with Crippen molar-refractivity contribution >= 4 is 23.4 Å². The molecule has 0 bridgehead atoms. The maximum atomic E-state index is 12.5. The summed E-state index contributed by atoms with van der Waals surface area (Å²) in [4.78, 5) is 50.6. The zero-order valence-corrected chi connectivity index (χ0v) is 17.3. The third kappa shape index (κ3) is 9.65. The van der Waals surface area contributed by atoms with E-state index in [2.05, 4.69) is 5.32 Å². The molecule has 0 heterocycles. The lowest BCUT2D eigenvalue weighted by atomic mass is 9.86. The molecule has 0 aliphatic rings. The highest BCUT2D eigenvalue weighted by atomic mass is 16.2. The minimum absolute atomic E-state index is 0. The van der Waals surface area contributed by atoms with Crippen molar-refractivity contribution in [2.45, 2.75) is 74.3 Å². The van der Waals surface area contributed by atoms with E-state index in [4.69, 9.17) is 5.73 Å². The Balaban J connectivity index is 0. The van der Waals surface area contributed by atoms with Gasteiger partial charge in [-0.3, -0.25) is 19.2 Å². The number of hydrogen-bond donors (Lipinski definition) is 2. The highest BCUT2D eigenvalue weighted by Gasteiger charge is 2.33. The number of ketones is 2. The Morgan fingerprint density at radius 1 is 0.926 bits per heavy atom. The van der Waals surface area contributed by atoms with E-state index in [1.165, 1.54) is 11.9 Å². The molecule has 0 saturated heterocycles. The summed E-state index contributed by atoms with van der Waals surface area (Å²) in [5.41, 5.74) is 4.28. The summed E-state index contributed by atoms with van der Waals surface area (Å²) < 4.78 is 0. The van der Waals surface area contributed by atoms with Crippen LogP contribution in [0.1, 0.15) is 68.2 Å². The molecule has 0 aromatic rings. The van der Waals surface area contributed by atoms with Crippen LogP contribution in [0, 0.1) is 10.8 Å². The van der Waals surface area contributed by atoms with Crippen LogP contribution in [0.5, 0.6) is 0 Å². The van der Waals surface area contributed by atoms with Gasteiger partial charge in [0.1, 0.15) is 17.6 Å². The average molecular weight is 386 g/mol. The Morgan fingerprint density at radius 3 is 1.81 bits per heavy atom. The molecule has 1 unspecified atom stereocenters. The molecule has 3 N–H and O–H groups in total. The van der Waals surface area contributed by atoms with E-state index in [0.29, 0.717) is 0 Å². The van der Waals surface area contributed by atoms with E-state index in [9.17, 15) is 19.2 Å². The number of rotatable bonds is 9. The number of likely N-dealkylation sites (N-methyl/N-ethyl adjacent to an activating group) is 1. The fourth-order valence-electron chi connectivity index (χ4n) is 2.15. The lowest BCUT2D eigenvalue weighted by Crippen LogP contribution is -2.50.